The van der Waals surface area contributed by atoms with Crippen molar-refractivity contribution in [1.29, 1.82) is 0 Å². The van der Waals surface area contributed by atoms with Crippen molar-refractivity contribution < 1.29 is 89.1 Å². The monoisotopic (exact) mass is 862 g/mol. The Bertz CT molecular complexity index is 2760. The van der Waals surface area contributed by atoms with Gasteiger partial charge in [-0.15, -0.1) is 0 Å². The number of hydrogen-bond acceptors (Lipinski definition) is 20. The summed E-state index contributed by atoms with van der Waals surface area (Å²) in [6.07, 6.45) is -15.8. The van der Waals surface area contributed by atoms with E-state index in [1.165, 1.54) is 48.5 Å². The molecule has 2 fully saturated rings. The predicted octanol–water partition coefficient (Wildman–Crippen LogP) is 0.0802. The van der Waals surface area contributed by atoms with E-state index in [1.54, 1.807) is 0 Å². The quantitative estimate of drug-likeness (QED) is 0.0915. The lowest BCUT2D eigenvalue weighted by Crippen LogP contribution is -2.60. The highest BCUT2D eigenvalue weighted by molar-refractivity contribution is 6.01. The van der Waals surface area contributed by atoms with Crippen molar-refractivity contribution in [2.45, 2.75) is 61.4 Å². The lowest BCUT2D eigenvalue weighted by Gasteiger charge is -2.39. The third-order valence-corrected chi connectivity index (χ3v) is 10.6. The molecule has 0 amide bonds. The number of phenols is 4. The molecule has 8 rings (SSSR count). The third-order valence-electron chi connectivity index (χ3n) is 10.6. The van der Waals surface area contributed by atoms with Crippen LogP contribution in [0.4, 0.5) is 0 Å². The molecule has 10 atom stereocenters. The predicted molar refractivity (Wildman–Crippen MR) is 210 cm³/mol. The van der Waals surface area contributed by atoms with Crippen molar-refractivity contribution >= 4 is 21.9 Å². The van der Waals surface area contributed by atoms with E-state index in [1.807, 2.05) is 0 Å². The molecule has 12 N–H and O–H groups in total. The molecule has 0 unspecified atom stereocenters. The van der Waals surface area contributed by atoms with Crippen LogP contribution >= 0.6 is 0 Å². The minimum atomic E-state index is -1.79. The maximum Gasteiger partial charge on any atom is 0.229 e. The molecule has 6 aromatic rings. The molecule has 2 aromatic heterocycles. The molecule has 0 aliphatic carbocycles. The Balaban J connectivity index is 1.14. The van der Waals surface area contributed by atoms with Crippen LogP contribution in [0.3, 0.4) is 0 Å². The van der Waals surface area contributed by atoms with Gasteiger partial charge in [0, 0.05) is 47.0 Å². The average molecular weight is 863 g/mol. The summed E-state index contributed by atoms with van der Waals surface area (Å²) in [6.45, 7) is -1.39. The van der Waals surface area contributed by atoms with Gasteiger partial charge in [-0.25, -0.2) is 0 Å². The standard InChI is InChI=1S/C42H38O20/c43-13-29-34(51)36(53)38(55)41(61-29)57-17-4-1-15(2-5-17)26-12-25(50)33-23(48)10-22(47)31(40(33)60-26)19-7-16(3-6-20(19)45)27-11-24(49)32-21(46)8-18(9-28(32)59-27)58-42-39(56)37(54)35(52)30(14-44)62-42/h1-12,29-30,34-39,41-48,51-56H,13-14H2/t29-,30+,34-,35-,36+,37+,38-,39+,41-,42-/m1/s1. The number of rotatable bonds is 9. The van der Waals surface area contributed by atoms with E-state index < -0.39 is 108 Å². The molecule has 4 heterocycles. The molecule has 20 nitrogen and oxygen atoms in total. The molecule has 326 valence electrons. The number of hydrogen-bond donors (Lipinski definition) is 12. The van der Waals surface area contributed by atoms with Gasteiger partial charge in [0.2, 0.25) is 12.6 Å². The van der Waals surface area contributed by atoms with Crippen LogP contribution in [0.2, 0.25) is 0 Å². The van der Waals surface area contributed by atoms with E-state index in [-0.39, 0.29) is 67.2 Å². The molecule has 2 aliphatic heterocycles. The Morgan fingerprint density at radius 3 is 1.63 bits per heavy atom. The van der Waals surface area contributed by atoms with Gasteiger partial charge in [0.05, 0.1) is 18.8 Å². The zero-order chi connectivity index (χ0) is 44.3. The normalized spacial score (nSPS) is 26.5. The zero-order valence-corrected chi connectivity index (χ0v) is 31.7. The average Bonchev–Trinajstić information content (AvgIpc) is 3.24. The van der Waals surface area contributed by atoms with E-state index in [0.29, 0.717) is 0 Å². The van der Waals surface area contributed by atoms with Crippen molar-refractivity contribution in [1.82, 2.24) is 0 Å². The van der Waals surface area contributed by atoms with Crippen LogP contribution in [0.5, 0.6) is 34.5 Å². The molecule has 2 aliphatic rings. The van der Waals surface area contributed by atoms with E-state index in [0.717, 1.165) is 24.3 Å². The molecule has 4 aromatic carbocycles. The first kappa shape index (κ1) is 42.4. The first-order valence-corrected chi connectivity index (χ1v) is 18.8. The van der Waals surface area contributed by atoms with Crippen LogP contribution in [0.25, 0.3) is 55.7 Å². The van der Waals surface area contributed by atoms with Gasteiger partial charge in [-0.2, -0.15) is 0 Å². The van der Waals surface area contributed by atoms with E-state index in [4.69, 9.17) is 27.8 Å². The number of fused-ring (bicyclic) bond motifs is 2. The van der Waals surface area contributed by atoms with E-state index in [9.17, 15) is 70.9 Å². The van der Waals surface area contributed by atoms with Crippen molar-refractivity contribution in [2.24, 2.45) is 0 Å². The topological polar surface area (TPSA) is 340 Å². The minimum Gasteiger partial charge on any atom is -0.507 e. The second kappa shape index (κ2) is 16.5. The van der Waals surface area contributed by atoms with Gasteiger partial charge in [0.25, 0.3) is 0 Å². The van der Waals surface area contributed by atoms with Gasteiger partial charge in [-0.05, 0) is 42.5 Å². The molecule has 2 saturated heterocycles. The second-order valence-electron chi connectivity index (χ2n) is 14.6. The summed E-state index contributed by atoms with van der Waals surface area (Å²) < 4.78 is 34.1. The maximum absolute atomic E-state index is 13.5. The van der Waals surface area contributed by atoms with Crippen molar-refractivity contribution in [3.05, 3.63) is 93.2 Å². The van der Waals surface area contributed by atoms with Gasteiger partial charge >= 0.3 is 0 Å². The molecule has 0 saturated carbocycles. The highest BCUT2D eigenvalue weighted by Gasteiger charge is 2.46. The van der Waals surface area contributed by atoms with Crippen LogP contribution in [-0.4, -0.2) is 136 Å². The van der Waals surface area contributed by atoms with Gasteiger partial charge < -0.3 is 89.1 Å². The fourth-order valence-corrected chi connectivity index (χ4v) is 7.34. The van der Waals surface area contributed by atoms with Crippen LogP contribution in [0, 0.1) is 0 Å². The van der Waals surface area contributed by atoms with Gasteiger partial charge in [-0.1, -0.05) is 0 Å². The number of ether oxygens (including phenoxy) is 4. The van der Waals surface area contributed by atoms with Crippen LogP contribution in [0.15, 0.2) is 91.2 Å². The van der Waals surface area contributed by atoms with E-state index >= 15 is 0 Å². The minimum absolute atomic E-state index is 0.0779. The molecule has 20 heteroatoms. The first-order valence-electron chi connectivity index (χ1n) is 18.8. The van der Waals surface area contributed by atoms with Crippen LogP contribution < -0.4 is 20.3 Å². The lowest BCUT2D eigenvalue weighted by atomic mass is 9.97. The summed E-state index contributed by atoms with van der Waals surface area (Å²) in [5.74, 6) is -2.66. The van der Waals surface area contributed by atoms with Crippen molar-refractivity contribution in [2.75, 3.05) is 13.2 Å². The number of aliphatic hydroxyl groups excluding tert-OH is 8. The molecule has 62 heavy (non-hydrogen) atoms. The molecule has 0 bridgehead atoms. The Labute approximate surface area is 346 Å². The number of phenolic OH excluding ortho intramolecular Hbond substituents is 4. The fraction of sp³-hybridized carbons (Fsp3) is 0.286. The van der Waals surface area contributed by atoms with Crippen LogP contribution in [-0.2, 0) is 9.47 Å². The lowest BCUT2D eigenvalue weighted by molar-refractivity contribution is -0.277. The van der Waals surface area contributed by atoms with Crippen molar-refractivity contribution in [3.8, 4) is 68.3 Å². The van der Waals surface area contributed by atoms with Gasteiger partial charge in [0.15, 0.2) is 16.4 Å². The summed E-state index contributed by atoms with van der Waals surface area (Å²) in [5, 5.41) is 124. The fourth-order valence-electron chi connectivity index (χ4n) is 7.34. The molecular formula is C42H38O20. The van der Waals surface area contributed by atoms with Gasteiger partial charge in [0.1, 0.15) is 111 Å². The Kier molecular flexibility index (Phi) is 11.3. The highest BCUT2D eigenvalue weighted by atomic mass is 16.7. The Morgan fingerprint density at radius 2 is 1.03 bits per heavy atom. The highest BCUT2D eigenvalue weighted by Crippen LogP contribution is 2.46. The maximum atomic E-state index is 13.5. The first-order chi connectivity index (χ1) is 29.6. The SMILES string of the molecule is O=c1cc(-c2ccc(O)c(-c3c(O)cc(O)c4c(=O)cc(-c5ccc(O[C@@H]6O[C@H](CO)[C@@H](O)[C@H](O)[C@H]6O)cc5)oc34)c2)oc2cc(O[C@@H]3O[C@@H](CO)[C@@H](O)[C@H](O)[C@@H]3O)cc(O)c12. The molecular weight excluding hydrogens is 824 g/mol. The Hall–Kier alpha value is -6.30. The third kappa shape index (κ3) is 7.53. The van der Waals surface area contributed by atoms with Crippen molar-refractivity contribution in [3.63, 3.8) is 0 Å². The summed E-state index contributed by atoms with van der Waals surface area (Å²) in [6, 6.07) is 14.7. The van der Waals surface area contributed by atoms with Crippen LogP contribution in [0.1, 0.15) is 0 Å². The summed E-state index contributed by atoms with van der Waals surface area (Å²) in [4.78, 5) is 26.9. The number of aliphatic hydroxyl groups is 8. The van der Waals surface area contributed by atoms with Gasteiger partial charge in [-0.3, -0.25) is 9.59 Å². The summed E-state index contributed by atoms with van der Waals surface area (Å²) >= 11 is 0. The molecule has 0 spiro atoms. The molecule has 0 radical (unpaired) electrons. The number of aromatic hydroxyl groups is 4. The summed E-state index contributed by atoms with van der Waals surface area (Å²) in [5.41, 5.74) is -2.10. The zero-order valence-electron chi connectivity index (χ0n) is 31.7. The number of benzene rings is 4. The summed E-state index contributed by atoms with van der Waals surface area (Å²) in [7, 11) is 0. The largest absolute Gasteiger partial charge is 0.507 e. The smallest absolute Gasteiger partial charge is 0.229 e. The van der Waals surface area contributed by atoms with E-state index in [2.05, 4.69) is 0 Å². The Morgan fingerprint density at radius 1 is 0.500 bits per heavy atom. The second-order valence-corrected chi connectivity index (χ2v) is 14.6.